The van der Waals surface area contributed by atoms with Gasteiger partial charge in [0, 0.05) is 30.0 Å². The highest BCUT2D eigenvalue weighted by atomic mass is 35.5. The molecule has 0 spiro atoms. The van der Waals surface area contributed by atoms with Crippen LogP contribution in [-0.2, 0) is 13.0 Å². The van der Waals surface area contributed by atoms with Crippen molar-refractivity contribution >= 4 is 11.6 Å². The molecule has 1 N–H and O–H groups in total. The summed E-state index contributed by atoms with van der Waals surface area (Å²) in [5.74, 6) is 0. The van der Waals surface area contributed by atoms with Gasteiger partial charge in [0.05, 0.1) is 0 Å². The van der Waals surface area contributed by atoms with Crippen molar-refractivity contribution in [1.82, 2.24) is 10.3 Å². The first-order valence-electron chi connectivity index (χ1n) is 6.55. The lowest BCUT2D eigenvalue weighted by Gasteiger charge is -2.10. The molecule has 0 fully saturated rings. The SMILES string of the molecule is CC(C)NCc1ccc(Cc2ccncc2)c(Cl)c1. The maximum absolute atomic E-state index is 6.35. The minimum absolute atomic E-state index is 0.482. The Labute approximate surface area is 119 Å². The average Bonchev–Trinajstić information content (AvgIpc) is 2.40. The van der Waals surface area contributed by atoms with Crippen LogP contribution in [0, 0.1) is 0 Å². The second-order valence-electron chi connectivity index (χ2n) is 4.99. The molecule has 0 amide bonds. The van der Waals surface area contributed by atoms with Crippen LogP contribution in [0.15, 0.2) is 42.7 Å². The van der Waals surface area contributed by atoms with E-state index in [-0.39, 0.29) is 0 Å². The van der Waals surface area contributed by atoms with E-state index in [0.29, 0.717) is 6.04 Å². The fourth-order valence-electron chi connectivity index (χ4n) is 1.89. The first kappa shape index (κ1) is 14.0. The zero-order valence-electron chi connectivity index (χ0n) is 11.4. The van der Waals surface area contributed by atoms with Gasteiger partial charge in [-0.15, -0.1) is 0 Å². The Morgan fingerprint density at radius 2 is 1.84 bits per heavy atom. The van der Waals surface area contributed by atoms with E-state index in [9.17, 15) is 0 Å². The zero-order chi connectivity index (χ0) is 13.7. The van der Waals surface area contributed by atoms with Crippen LogP contribution in [0.2, 0.25) is 5.02 Å². The fourth-order valence-corrected chi connectivity index (χ4v) is 2.16. The van der Waals surface area contributed by atoms with Crippen molar-refractivity contribution in [3.05, 3.63) is 64.4 Å². The minimum Gasteiger partial charge on any atom is -0.310 e. The van der Waals surface area contributed by atoms with E-state index >= 15 is 0 Å². The molecule has 2 nitrogen and oxygen atoms in total. The lowest BCUT2D eigenvalue weighted by molar-refractivity contribution is 0.589. The molecule has 0 atom stereocenters. The lowest BCUT2D eigenvalue weighted by Crippen LogP contribution is -2.21. The van der Waals surface area contributed by atoms with Crippen molar-refractivity contribution in [3.63, 3.8) is 0 Å². The predicted molar refractivity (Wildman–Crippen MR) is 80.5 cm³/mol. The summed E-state index contributed by atoms with van der Waals surface area (Å²) in [4.78, 5) is 4.02. The molecule has 0 aliphatic rings. The van der Waals surface area contributed by atoms with E-state index in [1.807, 2.05) is 30.6 Å². The molecule has 1 heterocycles. The van der Waals surface area contributed by atoms with Gasteiger partial charge in [-0.3, -0.25) is 4.98 Å². The van der Waals surface area contributed by atoms with Crippen LogP contribution < -0.4 is 5.32 Å². The molecule has 0 saturated carbocycles. The van der Waals surface area contributed by atoms with Gasteiger partial charge in [0.1, 0.15) is 0 Å². The van der Waals surface area contributed by atoms with Crippen LogP contribution in [0.25, 0.3) is 0 Å². The van der Waals surface area contributed by atoms with Crippen molar-refractivity contribution < 1.29 is 0 Å². The molecule has 0 aliphatic carbocycles. The molecule has 0 unspecified atom stereocenters. The van der Waals surface area contributed by atoms with Crippen molar-refractivity contribution in [2.75, 3.05) is 0 Å². The van der Waals surface area contributed by atoms with Gasteiger partial charge in [0.15, 0.2) is 0 Å². The van der Waals surface area contributed by atoms with Crippen LogP contribution in [0.1, 0.15) is 30.5 Å². The van der Waals surface area contributed by atoms with Crippen LogP contribution in [0.4, 0.5) is 0 Å². The first-order chi connectivity index (χ1) is 9.15. The quantitative estimate of drug-likeness (QED) is 0.896. The van der Waals surface area contributed by atoms with Crippen LogP contribution in [0.3, 0.4) is 0 Å². The van der Waals surface area contributed by atoms with Crippen LogP contribution in [-0.4, -0.2) is 11.0 Å². The summed E-state index contributed by atoms with van der Waals surface area (Å²) < 4.78 is 0. The van der Waals surface area contributed by atoms with Gasteiger partial charge in [0.2, 0.25) is 0 Å². The summed E-state index contributed by atoms with van der Waals surface area (Å²) in [6, 6.07) is 10.8. The number of hydrogen-bond acceptors (Lipinski definition) is 2. The number of benzene rings is 1. The van der Waals surface area contributed by atoms with E-state index in [4.69, 9.17) is 11.6 Å². The maximum Gasteiger partial charge on any atom is 0.0444 e. The molecule has 0 aliphatic heterocycles. The predicted octanol–water partition coefficient (Wildman–Crippen LogP) is 3.82. The van der Waals surface area contributed by atoms with E-state index in [1.54, 1.807) is 0 Å². The molecule has 100 valence electrons. The van der Waals surface area contributed by atoms with Gasteiger partial charge >= 0.3 is 0 Å². The highest BCUT2D eigenvalue weighted by Crippen LogP contribution is 2.21. The molecule has 1 aromatic heterocycles. The Hall–Kier alpha value is -1.38. The molecule has 2 aromatic rings. The molecule has 0 radical (unpaired) electrons. The largest absolute Gasteiger partial charge is 0.310 e. The summed E-state index contributed by atoms with van der Waals surface area (Å²) in [6.07, 6.45) is 4.47. The number of nitrogens with one attached hydrogen (secondary N) is 1. The zero-order valence-corrected chi connectivity index (χ0v) is 12.1. The van der Waals surface area contributed by atoms with Crippen molar-refractivity contribution in [3.8, 4) is 0 Å². The number of rotatable bonds is 5. The number of hydrogen-bond donors (Lipinski definition) is 1. The Morgan fingerprint density at radius 1 is 1.11 bits per heavy atom. The first-order valence-corrected chi connectivity index (χ1v) is 6.92. The molecule has 0 bridgehead atoms. The van der Waals surface area contributed by atoms with Gasteiger partial charge in [-0.2, -0.15) is 0 Å². The smallest absolute Gasteiger partial charge is 0.0444 e. The normalized spacial score (nSPS) is 10.9. The van der Waals surface area contributed by atoms with E-state index in [0.717, 1.165) is 23.6 Å². The molecule has 1 aromatic carbocycles. The third kappa shape index (κ3) is 4.34. The van der Waals surface area contributed by atoms with Crippen molar-refractivity contribution in [2.45, 2.75) is 32.9 Å². The Bertz CT molecular complexity index is 524. The van der Waals surface area contributed by atoms with Gasteiger partial charge < -0.3 is 5.32 Å². The van der Waals surface area contributed by atoms with Crippen molar-refractivity contribution in [1.29, 1.82) is 0 Å². The minimum atomic E-state index is 0.482. The molecular weight excluding hydrogens is 256 g/mol. The second-order valence-corrected chi connectivity index (χ2v) is 5.40. The monoisotopic (exact) mass is 274 g/mol. The standard InChI is InChI=1S/C16H19ClN2/c1-12(2)19-11-14-3-4-15(16(17)10-14)9-13-5-7-18-8-6-13/h3-8,10,12,19H,9,11H2,1-2H3. The second kappa shape index (κ2) is 6.69. The number of halogens is 1. The number of pyridine rings is 1. The van der Waals surface area contributed by atoms with E-state index in [2.05, 4.69) is 36.3 Å². The summed E-state index contributed by atoms with van der Waals surface area (Å²) in [5.41, 5.74) is 3.60. The summed E-state index contributed by atoms with van der Waals surface area (Å²) >= 11 is 6.35. The summed E-state index contributed by atoms with van der Waals surface area (Å²) in [6.45, 7) is 5.13. The van der Waals surface area contributed by atoms with Crippen molar-refractivity contribution in [2.24, 2.45) is 0 Å². The Balaban J connectivity index is 2.07. The van der Waals surface area contributed by atoms with Gasteiger partial charge in [-0.05, 0) is 41.3 Å². The lowest BCUT2D eigenvalue weighted by atomic mass is 10.0. The number of nitrogens with zero attached hydrogens (tertiary/aromatic N) is 1. The molecular formula is C16H19ClN2. The molecule has 3 heteroatoms. The average molecular weight is 275 g/mol. The third-order valence-corrected chi connectivity index (χ3v) is 3.33. The van der Waals surface area contributed by atoms with Gasteiger partial charge in [0.25, 0.3) is 0 Å². The van der Waals surface area contributed by atoms with Crippen LogP contribution in [0.5, 0.6) is 0 Å². The molecule has 2 rings (SSSR count). The molecule has 19 heavy (non-hydrogen) atoms. The Kier molecular flexibility index (Phi) is 4.94. The highest BCUT2D eigenvalue weighted by Gasteiger charge is 2.04. The van der Waals surface area contributed by atoms with E-state index < -0.39 is 0 Å². The number of aromatic nitrogens is 1. The topological polar surface area (TPSA) is 24.9 Å². The summed E-state index contributed by atoms with van der Waals surface area (Å²) in [5, 5.41) is 4.22. The summed E-state index contributed by atoms with van der Waals surface area (Å²) in [7, 11) is 0. The Morgan fingerprint density at radius 3 is 2.47 bits per heavy atom. The highest BCUT2D eigenvalue weighted by molar-refractivity contribution is 6.31. The third-order valence-electron chi connectivity index (χ3n) is 2.98. The van der Waals surface area contributed by atoms with Gasteiger partial charge in [-0.25, -0.2) is 0 Å². The fraction of sp³-hybridized carbons (Fsp3) is 0.312. The van der Waals surface area contributed by atoms with E-state index in [1.165, 1.54) is 11.1 Å². The van der Waals surface area contributed by atoms with Crippen LogP contribution >= 0.6 is 11.6 Å². The maximum atomic E-state index is 6.35. The van der Waals surface area contributed by atoms with Gasteiger partial charge in [-0.1, -0.05) is 37.6 Å². The molecule has 0 saturated heterocycles.